The molecule has 0 aliphatic rings. The lowest BCUT2D eigenvalue weighted by Gasteiger charge is -2.06. The van der Waals surface area contributed by atoms with Crippen LogP contribution in [0.25, 0.3) is 0 Å². The number of nitriles is 1. The van der Waals surface area contributed by atoms with Crippen molar-refractivity contribution >= 4 is 33.4 Å². The van der Waals surface area contributed by atoms with Crippen LogP contribution in [0.5, 0.6) is 0 Å². The Balaban J connectivity index is 2.07. The number of carboxylic acid groups (broad SMARTS) is 1. The topological polar surface area (TPSA) is 157 Å². The molecule has 0 aliphatic heterocycles. The van der Waals surface area contributed by atoms with Crippen molar-refractivity contribution in [2.45, 2.75) is 4.90 Å². The van der Waals surface area contributed by atoms with E-state index in [0.717, 1.165) is 18.3 Å². The molecule has 0 fully saturated rings. The van der Waals surface area contributed by atoms with Crippen molar-refractivity contribution in [3.63, 3.8) is 0 Å². The summed E-state index contributed by atoms with van der Waals surface area (Å²) >= 11 is 0. The summed E-state index contributed by atoms with van der Waals surface area (Å²) in [5.41, 5.74) is 0.479. The number of benzene rings is 2. The van der Waals surface area contributed by atoms with Gasteiger partial charge in [0, 0.05) is 17.6 Å². The molecule has 138 valence electrons. The number of hydrogen-bond donors (Lipinski definition) is 4. The highest BCUT2D eigenvalue weighted by Crippen LogP contribution is 2.15. The number of carbonyl (C=O) groups excluding carboxylic acids is 1. The summed E-state index contributed by atoms with van der Waals surface area (Å²) in [4.78, 5) is 22.6. The van der Waals surface area contributed by atoms with Crippen LogP contribution < -0.4 is 10.6 Å². The summed E-state index contributed by atoms with van der Waals surface area (Å²) in [5.74, 6) is -1.82. The summed E-state index contributed by atoms with van der Waals surface area (Å²) in [6.07, 6.45) is 1.13. The van der Waals surface area contributed by atoms with Crippen molar-refractivity contribution < 1.29 is 27.7 Å². The molecular formula is C17H13N3O6S. The number of rotatable bonds is 6. The molecule has 0 aliphatic carbocycles. The highest BCUT2D eigenvalue weighted by atomic mass is 32.2. The van der Waals surface area contributed by atoms with Gasteiger partial charge in [-0.3, -0.25) is 9.35 Å². The minimum absolute atomic E-state index is 0.0547. The Hall–Kier alpha value is -3.68. The fourth-order valence-electron chi connectivity index (χ4n) is 1.92. The van der Waals surface area contributed by atoms with E-state index >= 15 is 0 Å². The molecule has 10 heteroatoms. The fraction of sp³-hybridized carbons (Fsp3) is 0. The number of aromatic carboxylic acids is 1. The second-order valence-corrected chi connectivity index (χ2v) is 6.57. The second kappa shape index (κ2) is 8.13. The Labute approximate surface area is 154 Å². The fourth-order valence-corrected chi connectivity index (χ4v) is 2.40. The van der Waals surface area contributed by atoms with E-state index in [9.17, 15) is 18.0 Å². The Morgan fingerprint density at radius 1 is 1.00 bits per heavy atom. The minimum atomic E-state index is -4.31. The summed E-state index contributed by atoms with van der Waals surface area (Å²) in [7, 11) is -4.31. The van der Waals surface area contributed by atoms with Crippen molar-refractivity contribution in [1.82, 2.24) is 0 Å². The summed E-state index contributed by atoms with van der Waals surface area (Å²) in [6.45, 7) is 0. The van der Waals surface area contributed by atoms with Crippen LogP contribution in [-0.4, -0.2) is 30.0 Å². The molecule has 0 radical (unpaired) electrons. The standard InChI is InChI=1S/C17H13N3O6S/c18-9-12(10-19-13-5-7-15(8-6-13)27(24,25)26)16(21)20-14-3-1-11(2-4-14)17(22)23/h1-8,10,19H,(H,20,21)(H,22,23)(H,24,25,26)/b12-10-. The Morgan fingerprint density at radius 2 is 1.56 bits per heavy atom. The molecule has 2 aromatic rings. The van der Waals surface area contributed by atoms with Crippen molar-refractivity contribution in [2.75, 3.05) is 10.6 Å². The summed E-state index contributed by atoms with van der Waals surface area (Å²) in [5, 5.41) is 23.1. The van der Waals surface area contributed by atoms with Gasteiger partial charge in [-0.15, -0.1) is 0 Å². The van der Waals surface area contributed by atoms with E-state index in [0.29, 0.717) is 11.4 Å². The summed E-state index contributed by atoms with van der Waals surface area (Å²) in [6, 6.07) is 12.1. The van der Waals surface area contributed by atoms with Gasteiger partial charge in [-0.1, -0.05) is 0 Å². The van der Waals surface area contributed by atoms with Crippen LogP contribution in [0.15, 0.2) is 65.2 Å². The van der Waals surface area contributed by atoms with Crippen LogP contribution in [0.4, 0.5) is 11.4 Å². The maximum absolute atomic E-state index is 12.1. The maximum atomic E-state index is 12.1. The monoisotopic (exact) mass is 387 g/mol. The van der Waals surface area contributed by atoms with E-state index in [1.54, 1.807) is 6.07 Å². The van der Waals surface area contributed by atoms with Gasteiger partial charge in [0.1, 0.15) is 11.6 Å². The van der Waals surface area contributed by atoms with Crippen molar-refractivity contribution in [1.29, 1.82) is 5.26 Å². The number of nitrogens with one attached hydrogen (secondary N) is 2. The molecule has 2 rings (SSSR count). The number of amides is 1. The number of carbonyl (C=O) groups is 2. The van der Waals surface area contributed by atoms with Crippen LogP contribution in [-0.2, 0) is 14.9 Å². The zero-order valence-electron chi connectivity index (χ0n) is 13.6. The molecule has 0 heterocycles. The van der Waals surface area contributed by atoms with E-state index < -0.39 is 22.0 Å². The first-order valence-electron chi connectivity index (χ1n) is 7.30. The zero-order valence-corrected chi connectivity index (χ0v) is 14.4. The third-order valence-electron chi connectivity index (χ3n) is 3.29. The van der Waals surface area contributed by atoms with E-state index in [1.165, 1.54) is 36.4 Å². The maximum Gasteiger partial charge on any atom is 0.335 e. The number of hydrogen-bond acceptors (Lipinski definition) is 6. The van der Waals surface area contributed by atoms with Gasteiger partial charge in [0.2, 0.25) is 0 Å². The molecule has 0 unspecified atom stereocenters. The van der Waals surface area contributed by atoms with Crippen LogP contribution in [0.1, 0.15) is 10.4 Å². The van der Waals surface area contributed by atoms with Gasteiger partial charge in [-0.2, -0.15) is 13.7 Å². The van der Waals surface area contributed by atoms with Crippen LogP contribution in [0.3, 0.4) is 0 Å². The molecule has 1 amide bonds. The van der Waals surface area contributed by atoms with E-state index in [4.69, 9.17) is 14.9 Å². The van der Waals surface area contributed by atoms with Crippen molar-refractivity contribution in [3.8, 4) is 6.07 Å². The van der Waals surface area contributed by atoms with E-state index in [1.807, 2.05) is 0 Å². The molecule has 9 nitrogen and oxygen atoms in total. The normalized spacial score (nSPS) is 11.3. The summed E-state index contributed by atoms with van der Waals surface area (Å²) < 4.78 is 30.9. The lowest BCUT2D eigenvalue weighted by molar-refractivity contribution is -0.112. The lowest BCUT2D eigenvalue weighted by atomic mass is 10.2. The Bertz CT molecular complexity index is 1040. The molecular weight excluding hydrogens is 374 g/mol. The molecule has 0 bridgehead atoms. The predicted octanol–water partition coefficient (Wildman–Crippen LogP) is 2.09. The SMILES string of the molecule is N#C/C(=C/Nc1ccc(S(=O)(=O)O)cc1)C(=O)Nc1ccc(C(=O)O)cc1. The first kappa shape index (κ1) is 19.6. The van der Waals surface area contributed by atoms with Gasteiger partial charge in [-0.05, 0) is 48.5 Å². The highest BCUT2D eigenvalue weighted by Gasteiger charge is 2.11. The van der Waals surface area contributed by atoms with Crippen LogP contribution >= 0.6 is 0 Å². The van der Waals surface area contributed by atoms with Gasteiger partial charge in [0.15, 0.2) is 0 Å². The molecule has 0 saturated heterocycles. The predicted molar refractivity (Wildman–Crippen MR) is 95.6 cm³/mol. The molecule has 2 aromatic carbocycles. The number of anilines is 2. The highest BCUT2D eigenvalue weighted by molar-refractivity contribution is 7.85. The Morgan fingerprint density at radius 3 is 2.04 bits per heavy atom. The van der Waals surface area contributed by atoms with Gasteiger partial charge in [0.05, 0.1) is 10.5 Å². The number of nitrogens with zero attached hydrogens (tertiary/aromatic N) is 1. The molecule has 0 saturated carbocycles. The smallest absolute Gasteiger partial charge is 0.335 e. The second-order valence-electron chi connectivity index (χ2n) is 5.15. The minimum Gasteiger partial charge on any atom is -0.478 e. The van der Waals surface area contributed by atoms with Gasteiger partial charge in [0.25, 0.3) is 16.0 Å². The average molecular weight is 387 g/mol. The number of carboxylic acids is 1. The first-order valence-corrected chi connectivity index (χ1v) is 8.74. The van der Waals surface area contributed by atoms with Gasteiger partial charge >= 0.3 is 5.97 Å². The molecule has 4 N–H and O–H groups in total. The quantitative estimate of drug-likeness (QED) is 0.333. The third-order valence-corrected chi connectivity index (χ3v) is 4.16. The molecule has 0 aromatic heterocycles. The first-order chi connectivity index (χ1) is 12.7. The third kappa shape index (κ3) is 5.40. The largest absolute Gasteiger partial charge is 0.478 e. The van der Waals surface area contributed by atoms with Gasteiger partial charge in [-0.25, -0.2) is 4.79 Å². The van der Waals surface area contributed by atoms with E-state index in [2.05, 4.69) is 10.6 Å². The zero-order chi connectivity index (χ0) is 20.0. The van der Waals surface area contributed by atoms with Gasteiger partial charge < -0.3 is 15.7 Å². The van der Waals surface area contributed by atoms with E-state index in [-0.39, 0.29) is 16.0 Å². The average Bonchev–Trinajstić information content (AvgIpc) is 2.62. The van der Waals surface area contributed by atoms with Crippen molar-refractivity contribution in [3.05, 3.63) is 65.9 Å². The van der Waals surface area contributed by atoms with Crippen LogP contribution in [0.2, 0.25) is 0 Å². The molecule has 27 heavy (non-hydrogen) atoms. The van der Waals surface area contributed by atoms with Crippen LogP contribution in [0, 0.1) is 11.3 Å². The molecule has 0 atom stereocenters. The molecule has 0 spiro atoms. The Kier molecular flexibility index (Phi) is 5.92. The lowest BCUT2D eigenvalue weighted by Crippen LogP contribution is -2.14. The van der Waals surface area contributed by atoms with Crippen molar-refractivity contribution in [2.24, 2.45) is 0 Å².